The SMILES string of the molecule is Cc1ccc(COc2ccc(/C=N/NC(=O)CN(c3cccc(C)c3)S(=O)(=O)c3ccc(C)cc3)cc2)cc1. The Morgan fingerprint density at radius 2 is 1.49 bits per heavy atom. The predicted molar refractivity (Wildman–Crippen MR) is 155 cm³/mol. The molecule has 0 saturated carbocycles. The van der Waals surface area contributed by atoms with Crippen molar-refractivity contribution in [2.24, 2.45) is 5.10 Å². The molecular weight excluding hydrogens is 510 g/mol. The number of hydrogen-bond acceptors (Lipinski definition) is 5. The van der Waals surface area contributed by atoms with E-state index < -0.39 is 22.5 Å². The summed E-state index contributed by atoms with van der Waals surface area (Å²) >= 11 is 0. The first-order valence-corrected chi connectivity index (χ1v) is 13.9. The summed E-state index contributed by atoms with van der Waals surface area (Å²) in [5.74, 6) is 0.147. The van der Waals surface area contributed by atoms with Gasteiger partial charge in [0.2, 0.25) is 0 Å². The molecule has 1 amide bonds. The molecule has 0 radical (unpaired) electrons. The van der Waals surface area contributed by atoms with Gasteiger partial charge in [-0.05, 0) is 86.0 Å². The van der Waals surface area contributed by atoms with E-state index in [2.05, 4.69) is 10.5 Å². The molecule has 0 aliphatic carbocycles. The van der Waals surface area contributed by atoms with Gasteiger partial charge < -0.3 is 4.74 Å². The summed E-state index contributed by atoms with van der Waals surface area (Å²) in [7, 11) is -3.99. The zero-order valence-electron chi connectivity index (χ0n) is 22.2. The van der Waals surface area contributed by atoms with Crippen LogP contribution in [-0.2, 0) is 21.4 Å². The van der Waals surface area contributed by atoms with E-state index in [0.717, 1.165) is 26.6 Å². The Balaban J connectivity index is 1.40. The van der Waals surface area contributed by atoms with Gasteiger partial charge in [0.25, 0.3) is 15.9 Å². The highest BCUT2D eigenvalue weighted by atomic mass is 32.2. The second-order valence-corrected chi connectivity index (χ2v) is 11.2. The summed E-state index contributed by atoms with van der Waals surface area (Å²) in [5, 5.41) is 4.02. The first kappa shape index (κ1) is 27.6. The molecule has 4 rings (SSSR count). The molecule has 0 fully saturated rings. The van der Waals surface area contributed by atoms with Crippen LogP contribution in [0.2, 0.25) is 0 Å². The van der Waals surface area contributed by atoms with Gasteiger partial charge in [-0.1, -0.05) is 59.7 Å². The Bertz CT molecular complexity index is 1550. The molecule has 0 heterocycles. The number of nitrogens with zero attached hydrogens (tertiary/aromatic N) is 2. The van der Waals surface area contributed by atoms with E-state index in [0.29, 0.717) is 18.0 Å². The van der Waals surface area contributed by atoms with E-state index >= 15 is 0 Å². The molecule has 8 heteroatoms. The second-order valence-electron chi connectivity index (χ2n) is 9.30. The van der Waals surface area contributed by atoms with E-state index in [9.17, 15) is 13.2 Å². The third kappa shape index (κ3) is 7.55. The smallest absolute Gasteiger partial charge is 0.264 e. The topological polar surface area (TPSA) is 88.1 Å². The lowest BCUT2D eigenvalue weighted by molar-refractivity contribution is -0.119. The van der Waals surface area contributed by atoms with Crippen LogP contribution in [0.25, 0.3) is 0 Å². The average Bonchev–Trinajstić information content (AvgIpc) is 2.92. The quantitative estimate of drug-likeness (QED) is 0.211. The maximum atomic E-state index is 13.5. The van der Waals surface area contributed by atoms with Gasteiger partial charge in [-0.3, -0.25) is 9.10 Å². The second kappa shape index (κ2) is 12.4. The minimum Gasteiger partial charge on any atom is -0.489 e. The largest absolute Gasteiger partial charge is 0.489 e. The van der Waals surface area contributed by atoms with Crippen LogP contribution in [-0.4, -0.2) is 27.1 Å². The standard InChI is InChI=1S/C31H31N3O4S/c1-23-7-11-27(12-8-23)22-38-29-15-13-26(14-16-29)20-32-33-31(35)21-34(28-6-4-5-25(3)19-28)39(36,37)30-17-9-24(2)10-18-30/h4-20H,21-22H2,1-3H3,(H,33,35)/b32-20+. The fourth-order valence-electron chi connectivity index (χ4n) is 3.78. The summed E-state index contributed by atoms with van der Waals surface area (Å²) in [4.78, 5) is 12.9. The molecule has 4 aromatic carbocycles. The maximum absolute atomic E-state index is 13.5. The zero-order chi connectivity index (χ0) is 27.8. The van der Waals surface area contributed by atoms with Gasteiger partial charge in [-0.2, -0.15) is 5.10 Å². The summed E-state index contributed by atoms with van der Waals surface area (Å²) in [6.45, 7) is 5.83. The van der Waals surface area contributed by atoms with Crippen LogP contribution in [0.1, 0.15) is 27.8 Å². The fraction of sp³-hybridized carbons (Fsp3) is 0.161. The normalized spacial score (nSPS) is 11.4. The molecule has 200 valence electrons. The molecule has 0 saturated heterocycles. The number of hydrogen-bond donors (Lipinski definition) is 1. The average molecular weight is 542 g/mol. The highest BCUT2D eigenvalue weighted by molar-refractivity contribution is 7.92. The van der Waals surface area contributed by atoms with Crippen LogP contribution >= 0.6 is 0 Å². The number of ether oxygens (including phenoxy) is 1. The molecule has 0 atom stereocenters. The van der Waals surface area contributed by atoms with Crippen LogP contribution < -0.4 is 14.5 Å². The number of benzene rings is 4. The van der Waals surface area contributed by atoms with Crippen LogP contribution in [0.3, 0.4) is 0 Å². The number of sulfonamides is 1. The minimum absolute atomic E-state index is 0.107. The zero-order valence-corrected chi connectivity index (χ0v) is 23.0. The highest BCUT2D eigenvalue weighted by Crippen LogP contribution is 2.24. The van der Waals surface area contributed by atoms with Crippen molar-refractivity contribution in [2.75, 3.05) is 10.8 Å². The van der Waals surface area contributed by atoms with Crippen molar-refractivity contribution < 1.29 is 17.9 Å². The number of amides is 1. The van der Waals surface area contributed by atoms with Crippen LogP contribution in [0.5, 0.6) is 5.75 Å². The number of carbonyl (C=O) groups excluding carboxylic acids is 1. The van der Waals surface area contributed by atoms with Gasteiger partial charge >= 0.3 is 0 Å². The highest BCUT2D eigenvalue weighted by Gasteiger charge is 2.27. The number of rotatable bonds is 10. The molecule has 4 aromatic rings. The Kier molecular flexibility index (Phi) is 8.78. The fourth-order valence-corrected chi connectivity index (χ4v) is 5.19. The lowest BCUT2D eigenvalue weighted by Crippen LogP contribution is -2.39. The summed E-state index contributed by atoms with van der Waals surface area (Å²) < 4.78 is 33.9. The Labute approximate surface area is 229 Å². The van der Waals surface area contributed by atoms with Gasteiger partial charge in [-0.15, -0.1) is 0 Å². The molecular formula is C31H31N3O4S. The first-order chi connectivity index (χ1) is 18.7. The van der Waals surface area contributed by atoms with E-state index in [1.54, 1.807) is 30.3 Å². The van der Waals surface area contributed by atoms with Crippen LogP contribution in [0.4, 0.5) is 5.69 Å². The van der Waals surface area contributed by atoms with Crippen molar-refractivity contribution in [2.45, 2.75) is 32.3 Å². The summed E-state index contributed by atoms with van der Waals surface area (Å²) in [5.41, 5.74) is 7.68. The first-order valence-electron chi connectivity index (χ1n) is 12.5. The van der Waals surface area contributed by atoms with Crippen molar-refractivity contribution in [1.29, 1.82) is 0 Å². The molecule has 39 heavy (non-hydrogen) atoms. The number of nitrogens with one attached hydrogen (secondary N) is 1. The monoisotopic (exact) mass is 541 g/mol. The number of anilines is 1. The van der Waals surface area contributed by atoms with Gasteiger partial charge in [0, 0.05) is 0 Å². The summed E-state index contributed by atoms with van der Waals surface area (Å²) in [6, 6.07) is 29.0. The minimum atomic E-state index is -3.99. The Morgan fingerprint density at radius 3 is 2.13 bits per heavy atom. The van der Waals surface area contributed by atoms with Gasteiger partial charge in [0.05, 0.1) is 16.8 Å². The predicted octanol–water partition coefficient (Wildman–Crippen LogP) is 5.54. The summed E-state index contributed by atoms with van der Waals surface area (Å²) in [6.07, 6.45) is 1.49. The van der Waals surface area contributed by atoms with Crippen LogP contribution in [0, 0.1) is 20.8 Å². The molecule has 0 aliphatic rings. The lowest BCUT2D eigenvalue weighted by Gasteiger charge is -2.24. The van der Waals surface area contributed by atoms with Gasteiger partial charge in [0.1, 0.15) is 18.9 Å². The lowest BCUT2D eigenvalue weighted by atomic mass is 10.2. The third-order valence-corrected chi connectivity index (χ3v) is 7.78. The molecule has 0 spiro atoms. The number of carbonyl (C=O) groups is 1. The molecule has 1 N–H and O–H groups in total. The van der Waals surface area contributed by atoms with Crippen molar-refractivity contribution in [3.05, 3.63) is 125 Å². The van der Waals surface area contributed by atoms with Crippen molar-refractivity contribution in [1.82, 2.24) is 5.43 Å². The number of hydrazone groups is 1. The van der Waals surface area contributed by atoms with Crippen LogP contribution in [0.15, 0.2) is 107 Å². The van der Waals surface area contributed by atoms with Gasteiger partial charge in [-0.25, -0.2) is 13.8 Å². The maximum Gasteiger partial charge on any atom is 0.264 e. The van der Waals surface area contributed by atoms with E-state index in [-0.39, 0.29) is 4.90 Å². The third-order valence-electron chi connectivity index (χ3n) is 5.99. The van der Waals surface area contributed by atoms with E-state index in [1.165, 1.54) is 23.9 Å². The molecule has 0 bridgehead atoms. The van der Waals surface area contributed by atoms with Crippen molar-refractivity contribution in [3.63, 3.8) is 0 Å². The van der Waals surface area contributed by atoms with Gasteiger partial charge in [0.15, 0.2) is 0 Å². The van der Waals surface area contributed by atoms with E-state index in [1.807, 2.05) is 75.4 Å². The molecule has 0 unspecified atom stereocenters. The molecule has 0 aromatic heterocycles. The van der Waals surface area contributed by atoms with Crippen molar-refractivity contribution >= 4 is 27.8 Å². The van der Waals surface area contributed by atoms with E-state index in [4.69, 9.17) is 4.74 Å². The molecule has 7 nitrogen and oxygen atoms in total. The Hall–Kier alpha value is -4.43. The molecule has 0 aliphatic heterocycles. The van der Waals surface area contributed by atoms with Crippen molar-refractivity contribution in [3.8, 4) is 5.75 Å². The Morgan fingerprint density at radius 1 is 0.846 bits per heavy atom. The number of aryl methyl sites for hydroxylation is 3.